The number of hydrogen-bond acceptors (Lipinski definition) is 3. The molecule has 22 heavy (non-hydrogen) atoms. The van der Waals surface area contributed by atoms with Gasteiger partial charge >= 0.3 is 0 Å². The maximum Gasteiger partial charge on any atom is 0.142 e. The number of anilines is 2. The molecule has 0 saturated carbocycles. The number of benzene rings is 2. The molecule has 118 valence electrons. The van der Waals surface area contributed by atoms with Crippen molar-refractivity contribution in [1.29, 1.82) is 0 Å². The van der Waals surface area contributed by atoms with Crippen LogP contribution in [0.1, 0.15) is 23.6 Å². The van der Waals surface area contributed by atoms with E-state index < -0.39 is 0 Å². The Morgan fingerprint density at radius 1 is 0.909 bits per heavy atom. The highest BCUT2D eigenvalue weighted by atomic mass is 16.5. The molecular formula is C19H26N2O. The van der Waals surface area contributed by atoms with Gasteiger partial charge in [0.15, 0.2) is 0 Å². The van der Waals surface area contributed by atoms with Crippen LogP contribution in [0.2, 0.25) is 0 Å². The first-order chi connectivity index (χ1) is 10.6. The molecule has 0 spiro atoms. The molecule has 0 fully saturated rings. The number of para-hydroxylation sites is 2. The minimum atomic E-state index is 0.679. The summed E-state index contributed by atoms with van der Waals surface area (Å²) in [6.07, 6.45) is 0. The first-order valence-corrected chi connectivity index (χ1v) is 7.89. The van der Waals surface area contributed by atoms with Crippen molar-refractivity contribution in [2.45, 2.75) is 27.7 Å². The van der Waals surface area contributed by atoms with Crippen molar-refractivity contribution in [3.63, 3.8) is 0 Å². The number of aryl methyl sites for hydroxylation is 3. The van der Waals surface area contributed by atoms with Crippen molar-refractivity contribution >= 4 is 11.4 Å². The van der Waals surface area contributed by atoms with Gasteiger partial charge in [0.1, 0.15) is 5.75 Å². The zero-order valence-corrected chi connectivity index (χ0v) is 14.0. The standard InChI is InChI=1S/C19H26N2O/c1-5-22-18-9-7-6-8-17(18)20-10-11-21-19-15(3)12-14(2)13-16(19)4/h6-9,12-13,20-21H,5,10-11H2,1-4H3. The molecule has 0 aromatic heterocycles. The average Bonchev–Trinajstić information content (AvgIpc) is 2.47. The summed E-state index contributed by atoms with van der Waals surface area (Å²) in [6.45, 7) is 10.8. The minimum Gasteiger partial charge on any atom is -0.492 e. The van der Waals surface area contributed by atoms with E-state index in [2.05, 4.69) is 43.5 Å². The molecule has 3 nitrogen and oxygen atoms in total. The van der Waals surface area contributed by atoms with Crippen LogP contribution in [0.25, 0.3) is 0 Å². The molecule has 0 amide bonds. The summed E-state index contributed by atoms with van der Waals surface area (Å²) in [5.74, 6) is 0.910. The lowest BCUT2D eigenvalue weighted by molar-refractivity contribution is 0.342. The van der Waals surface area contributed by atoms with E-state index in [1.54, 1.807) is 0 Å². The van der Waals surface area contributed by atoms with Crippen molar-refractivity contribution in [3.8, 4) is 5.75 Å². The molecule has 2 rings (SSSR count). The predicted molar refractivity (Wildman–Crippen MR) is 95.2 cm³/mol. The van der Waals surface area contributed by atoms with E-state index in [1.165, 1.54) is 22.4 Å². The maximum absolute atomic E-state index is 5.62. The number of rotatable bonds is 7. The van der Waals surface area contributed by atoms with Crippen LogP contribution in [0.4, 0.5) is 11.4 Å². The van der Waals surface area contributed by atoms with Crippen molar-refractivity contribution < 1.29 is 4.74 Å². The normalized spacial score (nSPS) is 10.4. The van der Waals surface area contributed by atoms with Crippen LogP contribution in [0, 0.1) is 20.8 Å². The number of nitrogens with one attached hydrogen (secondary N) is 2. The molecule has 2 aromatic rings. The molecule has 0 aliphatic heterocycles. The Morgan fingerprint density at radius 2 is 1.55 bits per heavy atom. The predicted octanol–water partition coefficient (Wildman–Crippen LogP) is 4.53. The van der Waals surface area contributed by atoms with E-state index in [1.807, 2.05) is 31.2 Å². The van der Waals surface area contributed by atoms with Gasteiger partial charge in [-0.25, -0.2) is 0 Å². The molecule has 0 aliphatic rings. The van der Waals surface area contributed by atoms with Gasteiger partial charge in [-0.05, 0) is 51.0 Å². The lowest BCUT2D eigenvalue weighted by atomic mass is 10.1. The van der Waals surface area contributed by atoms with Gasteiger partial charge in [0.2, 0.25) is 0 Å². The van der Waals surface area contributed by atoms with Gasteiger partial charge < -0.3 is 15.4 Å². The molecule has 3 heteroatoms. The second-order valence-corrected chi connectivity index (χ2v) is 5.56. The smallest absolute Gasteiger partial charge is 0.142 e. The fourth-order valence-electron chi connectivity index (χ4n) is 2.74. The zero-order chi connectivity index (χ0) is 15.9. The molecule has 0 heterocycles. The van der Waals surface area contributed by atoms with Gasteiger partial charge in [-0.1, -0.05) is 29.8 Å². The highest BCUT2D eigenvalue weighted by Crippen LogP contribution is 2.24. The van der Waals surface area contributed by atoms with E-state index in [4.69, 9.17) is 4.74 Å². The third-order valence-corrected chi connectivity index (χ3v) is 3.61. The van der Waals surface area contributed by atoms with E-state index in [-0.39, 0.29) is 0 Å². The van der Waals surface area contributed by atoms with Gasteiger partial charge in [-0.3, -0.25) is 0 Å². The minimum absolute atomic E-state index is 0.679. The molecule has 2 N–H and O–H groups in total. The molecule has 0 radical (unpaired) electrons. The maximum atomic E-state index is 5.62. The summed E-state index contributed by atoms with van der Waals surface area (Å²) in [4.78, 5) is 0. The molecule has 2 aromatic carbocycles. The van der Waals surface area contributed by atoms with Crippen molar-refractivity contribution in [1.82, 2.24) is 0 Å². The highest BCUT2D eigenvalue weighted by Gasteiger charge is 2.04. The van der Waals surface area contributed by atoms with Crippen molar-refractivity contribution in [2.24, 2.45) is 0 Å². The first-order valence-electron chi connectivity index (χ1n) is 7.89. The summed E-state index contributed by atoms with van der Waals surface area (Å²) in [7, 11) is 0. The Hall–Kier alpha value is -2.16. The third kappa shape index (κ3) is 4.17. The monoisotopic (exact) mass is 298 g/mol. The molecule has 0 atom stereocenters. The Kier molecular flexibility index (Phi) is 5.70. The van der Waals surface area contributed by atoms with Crippen LogP contribution in [0.3, 0.4) is 0 Å². The summed E-state index contributed by atoms with van der Waals surface area (Å²) in [5.41, 5.74) is 6.19. The largest absolute Gasteiger partial charge is 0.492 e. The fraction of sp³-hybridized carbons (Fsp3) is 0.368. The van der Waals surface area contributed by atoms with E-state index >= 15 is 0 Å². The second-order valence-electron chi connectivity index (χ2n) is 5.56. The van der Waals surface area contributed by atoms with Gasteiger partial charge in [-0.15, -0.1) is 0 Å². The number of hydrogen-bond donors (Lipinski definition) is 2. The molecule has 0 saturated heterocycles. The summed E-state index contributed by atoms with van der Waals surface area (Å²) >= 11 is 0. The van der Waals surface area contributed by atoms with E-state index in [9.17, 15) is 0 Å². The van der Waals surface area contributed by atoms with Crippen LogP contribution in [0.5, 0.6) is 5.75 Å². The Labute approximate surface area is 133 Å². The van der Waals surface area contributed by atoms with Gasteiger partial charge in [0.05, 0.1) is 12.3 Å². The highest BCUT2D eigenvalue weighted by molar-refractivity contribution is 5.59. The van der Waals surface area contributed by atoms with E-state index in [0.29, 0.717) is 6.61 Å². The summed E-state index contributed by atoms with van der Waals surface area (Å²) < 4.78 is 5.62. The van der Waals surface area contributed by atoms with Crippen molar-refractivity contribution in [3.05, 3.63) is 53.1 Å². The SMILES string of the molecule is CCOc1ccccc1NCCNc1c(C)cc(C)cc1C. The molecule has 0 bridgehead atoms. The summed E-state index contributed by atoms with van der Waals surface area (Å²) in [5, 5.41) is 6.96. The van der Waals surface area contributed by atoms with Gasteiger partial charge in [0.25, 0.3) is 0 Å². The Bertz CT molecular complexity index is 600. The quantitative estimate of drug-likeness (QED) is 0.737. The van der Waals surface area contributed by atoms with Gasteiger partial charge in [0, 0.05) is 18.8 Å². The van der Waals surface area contributed by atoms with Crippen LogP contribution in [-0.2, 0) is 0 Å². The van der Waals surface area contributed by atoms with Crippen LogP contribution < -0.4 is 15.4 Å². The first kappa shape index (κ1) is 16.2. The van der Waals surface area contributed by atoms with Crippen LogP contribution in [-0.4, -0.2) is 19.7 Å². The lowest BCUT2D eigenvalue weighted by Gasteiger charge is -2.15. The Morgan fingerprint density at radius 3 is 2.23 bits per heavy atom. The van der Waals surface area contributed by atoms with Crippen molar-refractivity contribution in [2.75, 3.05) is 30.3 Å². The lowest BCUT2D eigenvalue weighted by Crippen LogP contribution is -2.15. The van der Waals surface area contributed by atoms with Crippen LogP contribution >= 0.6 is 0 Å². The average molecular weight is 298 g/mol. The fourth-order valence-corrected chi connectivity index (χ4v) is 2.74. The molecule has 0 unspecified atom stereocenters. The summed E-state index contributed by atoms with van der Waals surface area (Å²) in [6, 6.07) is 12.5. The number of ether oxygens (including phenoxy) is 1. The third-order valence-electron chi connectivity index (χ3n) is 3.61. The Balaban J connectivity index is 1.90. The molecular weight excluding hydrogens is 272 g/mol. The van der Waals surface area contributed by atoms with Crippen LogP contribution in [0.15, 0.2) is 36.4 Å². The molecule has 0 aliphatic carbocycles. The zero-order valence-electron chi connectivity index (χ0n) is 14.0. The van der Waals surface area contributed by atoms with Gasteiger partial charge in [-0.2, -0.15) is 0 Å². The topological polar surface area (TPSA) is 33.3 Å². The second kappa shape index (κ2) is 7.74. The van der Waals surface area contributed by atoms with E-state index in [0.717, 1.165) is 24.5 Å².